The molecule has 6 aliphatic rings. The Morgan fingerprint density at radius 2 is 0.904 bits per heavy atom. The van der Waals surface area contributed by atoms with Gasteiger partial charge in [0.05, 0.1) is 49.3 Å². The number of piperidine rings is 3. The summed E-state index contributed by atoms with van der Waals surface area (Å²) in [5, 5.41) is 22.6. The second-order valence-electron chi connectivity index (χ2n) is 21.7. The number of ether oxygens (including phenoxy) is 7. The first-order valence-corrected chi connectivity index (χ1v) is 29.3. The first-order chi connectivity index (χ1) is 40.2. The topological polar surface area (TPSA) is 226 Å². The highest BCUT2D eigenvalue weighted by Crippen LogP contribution is 2.38. The molecule has 18 nitrogen and oxygen atoms in total. The van der Waals surface area contributed by atoms with Crippen LogP contribution in [0.15, 0.2) is 129 Å². The van der Waals surface area contributed by atoms with E-state index in [1.165, 1.54) is 37.8 Å². The first-order valence-electron chi connectivity index (χ1n) is 28.9. The molecule has 6 fully saturated rings. The van der Waals surface area contributed by atoms with Gasteiger partial charge in [0.2, 0.25) is 0 Å². The monoisotopic (exact) mass is 1170 g/mol. The Balaban J connectivity index is 0.000000194. The third kappa shape index (κ3) is 20.9. The molecule has 0 spiro atoms. The number of aliphatic hydroxyl groups excluding tert-OH is 2. The van der Waals surface area contributed by atoms with Crippen molar-refractivity contribution in [1.82, 2.24) is 15.1 Å². The summed E-state index contributed by atoms with van der Waals surface area (Å²) in [5.74, 6) is -1.84. The minimum absolute atomic E-state index is 0.0278. The lowest BCUT2D eigenvalue weighted by atomic mass is 9.95. The molecule has 3 aromatic carbocycles. The second kappa shape index (κ2) is 35.3. The zero-order valence-electron chi connectivity index (χ0n) is 47.8. The van der Waals surface area contributed by atoms with Gasteiger partial charge in [0.1, 0.15) is 46.2 Å². The van der Waals surface area contributed by atoms with Crippen LogP contribution in [0.4, 0.5) is 14.4 Å². The maximum Gasteiger partial charge on any atom is 0.508 e. The number of carbonyl (C=O) groups is 6. The van der Waals surface area contributed by atoms with Gasteiger partial charge in [0.15, 0.2) is 17.3 Å². The molecule has 83 heavy (non-hydrogen) atoms. The van der Waals surface area contributed by atoms with Crippen molar-refractivity contribution in [3.63, 3.8) is 0 Å². The standard InChI is InChI=1S/C25H31NO7.C18H25NO3.C17H23NO3.C4H5ClO2/c1-3-12-30-24(28)26-19-10-11-20(26)15-21(14-19)32-17-23(27)22(18-8-6-5-7-9-18)16-33-25(29)31-13-4-2;1-19-14-7-8-15(19)10-16(9-14)22-12-18(21)17(11-20)13-5-3-2-4-6-13;19-10-16(12-4-2-1-3-5-12)17(20)11-21-15-8-13-6-7-14(9-15)18-13;1-2-3-7-4(5)6/h3-9,19-22H,1-2,10-17H2;2-6,14-17,20H,7-12H2,1H3;1-5,13-16,18-19H,6-11H2;2H,1,3H2/t19?,20?,21?,22-;14?,15?,16?,17-;13?,14?,15?,16-;/m111./s1. The number of ketones is 3. The fourth-order valence-electron chi connectivity index (χ4n) is 12.0. The quantitative estimate of drug-likeness (QED) is 0.0311. The molecule has 9 atom stereocenters. The highest BCUT2D eigenvalue weighted by atomic mass is 35.5. The minimum Gasteiger partial charge on any atom is -0.449 e. The molecular weight excluding hydrogens is 1090 g/mol. The number of rotatable bonds is 25. The van der Waals surface area contributed by atoms with Crippen LogP contribution in [0.5, 0.6) is 0 Å². The van der Waals surface area contributed by atoms with E-state index in [0.29, 0.717) is 37.0 Å². The van der Waals surface area contributed by atoms with Crippen LogP contribution in [0.3, 0.4) is 0 Å². The Kier molecular flexibility index (Phi) is 28.1. The fraction of sp³-hybridized carbons (Fsp3) is 0.531. The Hall–Kier alpha value is -6.09. The number of nitrogens with zero attached hydrogens (tertiary/aromatic N) is 2. The third-order valence-electron chi connectivity index (χ3n) is 16.2. The number of Topliss-reactive ketones (excluding diaryl/α,β-unsaturated/α-hetero) is 3. The van der Waals surface area contributed by atoms with E-state index < -0.39 is 29.3 Å². The predicted octanol–water partition coefficient (Wildman–Crippen LogP) is 9.17. The third-order valence-corrected chi connectivity index (χ3v) is 16.3. The average molecular weight is 1170 g/mol. The highest BCUT2D eigenvalue weighted by molar-refractivity contribution is 6.61. The molecule has 6 aliphatic heterocycles. The average Bonchev–Trinajstić information content (AvgIpc) is 4.18. The molecule has 0 aliphatic carbocycles. The molecule has 3 N–H and O–H groups in total. The molecule has 452 valence electrons. The highest BCUT2D eigenvalue weighted by Gasteiger charge is 2.45. The zero-order valence-corrected chi connectivity index (χ0v) is 48.5. The molecule has 1 amide bonds. The van der Waals surface area contributed by atoms with E-state index in [4.69, 9.17) is 40.0 Å². The molecule has 6 bridgehead atoms. The van der Waals surface area contributed by atoms with Crippen LogP contribution in [0.1, 0.15) is 111 Å². The SMILES string of the molecule is C=CCOC(=O)Cl.C=CCOC(=O)OC[C@@H](C(=O)COC1CC2CCC(C1)N2C(=O)OCC=C)c1ccccc1.CN1C2CCC1CC(OCC(=O)[C@H](CO)c1ccccc1)C2.O=C(COC1CC2CCC(C1)N2)[C@H](CO)c1ccccc1. The number of benzene rings is 3. The van der Waals surface area contributed by atoms with Gasteiger partial charge in [-0.15, -0.1) is 0 Å². The number of hydrogen-bond acceptors (Lipinski definition) is 17. The molecule has 3 aromatic rings. The largest absolute Gasteiger partial charge is 0.508 e. The van der Waals surface area contributed by atoms with Crippen molar-refractivity contribution in [2.45, 2.75) is 149 Å². The van der Waals surface area contributed by atoms with Gasteiger partial charge >= 0.3 is 17.7 Å². The predicted molar refractivity (Wildman–Crippen MR) is 313 cm³/mol. The van der Waals surface area contributed by atoms with Gasteiger partial charge in [-0.25, -0.2) is 14.4 Å². The van der Waals surface area contributed by atoms with E-state index in [2.05, 4.69) is 41.7 Å². The number of aliphatic hydroxyl groups is 2. The maximum absolute atomic E-state index is 13.0. The molecule has 6 unspecified atom stereocenters. The molecule has 0 saturated carbocycles. The summed E-state index contributed by atoms with van der Waals surface area (Å²) in [6, 6.07) is 30.5. The molecule has 0 radical (unpaired) electrons. The van der Waals surface area contributed by atoms with E-state index in [1.54, 1.807) is 11.0 Å². The van der Waals surface area contributed by atoms with Gasteiger partial charge in [-0.2, -0.15) is 0 Å². The van der Waals surface area contributed by atoms with E-state index in [1.807, 2.05) is 91.0 Å². The second-order valence-corrected chi connectivity index (χ2v) is 22.0. The van der Waals surface area contributed by atoms with E-state index >= 15 is 0 Å². The van der Waals surface area contributed by atoms with Crippen molar-refractivity contribution < 1.29 is 72.1 Å². The van der Waals surface area contributed by atoms with Crippen molar-refractivity contribution in [3.05, 3.63) is 146 Å². The number of fused-ring (bicyclic) bond motifs is 6. The summed E-state index contributed by atoms with van der Waals surface area (Å²) in [5.41, 5.74) is 1.67. The van der Waals surface area contributed by atoms with Gasteiger partial charge in [0, 0.05) is 47.9 Å². The Bertz CT molecular complexity index is 2480. The van der Waals surface area contributed by atoms with Crippen molar-refractivity contribution in [1.29, 1.82) is 0 Å². The lowest BCUT2D eigenvalue weighted by Crippen LogP contribution is -2.49. The van der Waals surface area contributed by atoms with Crippen molar-refractivity contribution in [2.75, 3.05) is 66.5 Å². The van der Waals surface area contributed by atoms with Crippen LogP contribution in [0.2, 0.25) is 0 Å². The van der Waals surface area contributed by atoms with E-state index in [9.17, 15) is 39.0 Å². The Morgan fingerprint density at radius 3 is 1.31 bits per heavy atom. The van der Waals surface area contributed by atoms with Gasteiger partial charge in [0.25, 0.3) is 0 Å². The van der Waals surface area contributed by atoms with Crippen molar-refractivity contribution >= 4 is 46.6 Å². The lowest BCUT2D eigenvalue weighted by molar-refractivity contribution is -0.130. The van der Waals surface area contributed by atoms with Crippen molar-refractivity contribution in [3.8, 4) is 0 Å². The van der Waals surface area contributed by atoms with Crippen LogP contribution in [-0.4, -0.2) is 176 Å². The van der Waals surface area contributed by atoms with Gasteiger partial charge in [-0.05, 0) is 101 Å². The molecule has 0 aromatic heterocycles. The summed E-state index contributed by atoms with van der Waals surface area (Å²) in [4.78, 5) is 75.7. The summed E-state index contributed by atoms with van der Waals surface area (Å²) in [6.45, 7) is 10.4. The summed E-state index contributed by atoms with van der Waals surface area (Å²) in [6.07, 6.45) is 15.6. The van der Waals surface area contributed by atoms with Crippen LogP contribution in [0.25, 0.3) is 0 Å². The van der Waals surface area contributed by atoms with Gasteiger partial charge < -0.3 is 58.5 Å². The molecular formula is C64H84ClN3O15. The number of hydrogen-bond donors (Lipinski definition) is 3. The molecule has 6 heterocycles. The number of nitrogens with one attached hydrogen (secondary N) is 1. The van der Waals surface area contributed by atoms with Crippen LogP contribution in [0, 0.1) is 0 Å². The van der Waals surface area contributed by atoms with Gasteiger partial charge in [-0.3, -0.25) is 14.4 Å². The maximum atomic E-state index is 13.0. The fourth-order valence-corrected chi connectivity index (χ4v) is 12.0. The van der Waals surface area contributed by atoms with Crippen LogP contribution in [-0.2, 0) is 47.5 Å². The molecule has 9 rings (SSSR count). The summed E-state index contributed by atoms with van der Waals surface area (Å²) in [7, 11) is 2.20. The minimum atomic E-state index is -0.850. The molecule has 19 heteroatoms. The Labute approximate surface area is 493 Å². The molecule has 6 saturated heterocycles. The Morgan fingerprint density at radius 1 is 0.530 bits per heavy atom. The van der Waals surface area contributed by atoms with Crippen molar-refractivity contribution in [2.24, 2.45) is 0 Å². The van der Waals surface area contributed by atoms with Gasteiger partial charge in [-0.1, -0.05) is 129 Å². The normalized spacial score (nSPS) is 24.7. The summed E-state index contributed by atoms with van der Waals surface area (Å²) >= 11 is 4.75. The lowest BCUT2D eigenvalue weighted by Gasteiger charge is -2.37. The van der Waals surface area contributed by atoms with E-state index in [-0.39, 0.29) is 113 Å². The van der Waals surface area contributed by atoms with Crippen LogP contribution < -0.4 is 5.32 Å². The number of carbonyl (C=O) groups excluding carboxylic acids is 6. The number of halogens is 1. The smallest absolute Gasteiger partial charge is 0.449 e. The number of amides is 1. The van der Waals surface area contributed by atoms with Crippen LogP contribution >= 0.6 is 11.6 Å². The first kappa shape index (κ1) is 66.1. The summed E-state index contributed by atoms with van der Waals surface area (Å²) < 4.78 is 37.1. The zero-order chi connectivity index (χ0) is 59.5. The van der Waals surface area contributed by atoms with E-state index in [0.717, 1.165) is 55.2 Å².